The lowest BCUT2D eigenvalue weighted by atomic mass is 10.1. The molecule has 1 saturated heterocycles. The second-order valence-electron chi connectivity index (χ2n) is 13.8. The average molecular weight is 781 g/mol. The molecule has 0 saturated carbocycles. The van der Waals surface area contributed by atoms with E-state index in [1.54, 1.807) is 24.4 Å². The highest BCUT2D eigenvalue weighted by Gasteiger charge is 2.24. The van der Waals surface area contributed by atoms with Crippen LogP contribution in [0.4, 0.5) is 5.82 Å². The Morgan fingerprint density at radius 1 is 1.00 bits per heavy atom. The number of carbonyl (C=O) groups excluding carboxylic acids is 3. The van der Waals surface area contributed by atoms with Crippen molar-refractivity contribution >= 4 is 46.4 Å². The summed E-state index contributed by atoms with van der Waals surface area (Å²) in [5.74, 6) is 1.33. The molecule has 306 valence electrons. The van der Waals surface area contributed by atoms with Gasteiger partial charge in [-0.25, -0.2) is 15.0 Å². The minimum atomic E-state index is -0.732. The summed E-state index contributed by atoms with van der Waals surface area (Å²) in [7, 11) is 1.90. The number of fused-ring (bicyclic) bond motifs is 3. The molecular formula is C40H56N6O10. The van der Waals surface area contributed by atoms with Crippen LogP contribution in [0.25, 0.3) is 33.6 Å². The largest absolute Gasteiger partial charge is 0.460 e. The first-order chi connectivity index (χ1) is 27.1. The number of hydrogen-bond acceptors (Lipinski definition) is 15. The van der Waals surface area contributed by atoms with Crippen LogP contribution in [0.1, 0.15) is 59.8 Å². The monoisotopic (exact) mass is 780 g/mol. The van der Waals surface area contributed by atoms with Crippen LogP contribution >= 0.6 is 0 Å². The molecular weight excluding hydrogens is 724 g/mol. The van der Waals surface area contributed by atoms with E-state index in [1.165, 1.54) is 0 Å². The van der Waals surface area contributed by atoms with Crippen LogP contribution in [0.2, 0.25) is 0 Å². The van der Waals surface area contributed by atoms with E-state index in [-0.39, 0.29) is 43.7 Å². The number of ether oxygens (including phenoxy) is 5. The van der Waals surface area contributed by atoms with Crippen molar-refractivity contribution in [3.8, 4) is 17.1 Å². The van der Waals surface area contributed by atoms with E-state index < -0.39 is 12.3 Å². The quantitative estimate of drug-likeness (QED) is 0.0465. The summed E-state index contributed by atoms with van der Waals surface area (Å²) in [5.41, 5.74) is 2.58. The summed E-state index contributed by atoms with van der Waals surface area (Å²) in [6.45, 7) is 12.1. The first kappa shape index (κ1) is 44.0. The second-order valence-corrected chi connectivity index (χ2v) is 13.8. The number of aliphatic hydroxyl groups is 1. The van der Waals surface area contributed by atoms with Crippen LogP contribution in [0.15, 0.2) is 47.0 Å². The Labute approximate surface area is 327 Å². The highest BCUT2D eigenvalue weighted by atomic mass is 16.7. The minimum absolute atomic E-state index is 0.0438. The Morgan fingerprint density at radius 3 is 2.50 bits per heavy atom. The summed E-state index contributed by atoms with van der Waals surface area (Å²) in [6.07, 6.45) is 3.29. The summed E-state index contributed by atoms with van der Waals surface area (Å²) in [5, 5.41) is 16.1. The summed E-state index contributed by atoms with van der Waals surface area (Å²) >= 11 is 0. The van der Waals surface area contributed by atoms with Crippen LogP contribution in [0, 0.1) is 5.92 Å². The third kappa shape index (κ3) is 13.8. The molecule has 2 atom stereocenters. The number of amides is 1. The van der Waals surface area contributed by atoms with Gasteiger partial charge in [-0.1, -0.05) is 26.0 Å². The van der Waals surface area contributed by atoms with E-state index in [9.17, 15) is 19.5 Å². The summed E-state index contributed by atoms with van der Waals surface area (Å²) in [6, 6.07) is 10.9. The van der Waals surface area contributed by atoms with Gasteiger partial charge >= 0.3 is 5.97 Å². The van der Waals surface area contributed by atoms with Gasteiger partial charge in [0.2, 0.25) is 11.6 Å². The normalized spacial score (nSPS) is 14.0. The van der Waals surface area contributed by atoms with Crippen molar-refractivity contribution in [1.29, 1.82) is 0 Å². The van der Waals surface area contributed by atoms with Crippen LogP contribution in [0.5, 0.6) is 5.75 Å². The van der Waals surface area contributed by atoms with E-state index in [1.807, 2.05) is 52.9 Å². The lowest BCUT2D eigenvalue weighted by molar-refractivity contribution is -0.223. The molecule has 3 N–H and O–H groups in total. The number of nitrogens with zero attached hydrogens (tertiary/aromatic N) is 4. The second kappa shape index (κ2) is 23.4. The molecule has 16 heteroatoms. The number of rotatable bonds is 21. The number of carbonyl (C=O) groups is 3. The van der Waals surface area contributed by atoms with Crippen molar-refractivity contribution in [2.45, 2.75) is 78.3 Å². The first-order valence-electron chi connectivity index (χ1n) is 19.2. The van der Waals surface area contributed by atoms with Crippen LogP contribution < -0.4 is 20.3 Å². The Kier molecular flexibility index (Phi) is 18.3. The number of unbranched alkanes of at least 4 members (excludes halogenated alkanes) is 1. The molecule has 56 heavy (non-hydrogen) atoms. The summed E-state index contributed by atoms with van der Waals surface area (Å²) in [4.78, 5) is 50.3. The van der Waals surface area contributed by atoms with Crippen LogP contribution in [-0.4, -0.2) is 117 Å². The zero-order valence-electron chi connectivity index (χ0n) is 33.0. The number of aliphatic hydroxyl groups excluding tert-OH is 1. The lowest BCUT2D eigenvalue weighted by Crippen LogP contribution is -2.37. The average Bonchev–Trinajstić information content (AvgIpc) is 3.57. The number of nitrogens with one attached hydrogen (secondary N) is 2. The molecule has 1 amide bonds. The molecule has 0 radical (unpaired) electrons. The van der Waals surface area contributed by atoms with Gasteiger partial charge in [-0.3, -0.25) is 14.4 Å². The fourth-order valence-electron chi connectivity index (χ4n) is 5.74. The molecule has 2 unspecified atom stereocenters. The van der Waals surface area contributed by atoms with Gasteiger partial charge in [0.1, 0.15) is 17.9 Å². The topological polar surface area (TPSA) is 197 Å². The fraction of sp³-hybridized carbons (Fsp3) is 0.550. The maximum Gasteiger partial charge on any atom is 0.305 e. The molecule has 1 fully saturated rings. The van der Waals surface area contributed by atoms with Gasteiger partial charge in [-0.05, 0) is 76.9 Å². The van der Waals surface area contributed by atoms with Crippen molar-refractivity contribution in [3.05, 3.63) is 42.6 Å². The molecule has 0 spiro atoms. The van der Waals surface area contributed by atoms with Crippen molar-refractivity contribution in [3.63, 3.8) is 0 Å². The smallest absolute Gasteiger partial charge is 0.305 e. The van der Waals surface area contributed by atoms with E-state index in [0.717, 1.165) is 30.3 Å². The Hall–Kier alpha value is -4.74. The van der Waals surface area contributed by atoms with Crippen LogP contribution in [-0.2, 0) is 33.3 Å². The highest BCUT2D eigenvalue weighted by molar-refractivity contribution is 6.05. The molecule has 3 aromatic heterocycles. The number of pyridine rings is 1. The van der Waals surface area contributed by atoms with Gasteiger partial charge in [-0.2, -0.15) is 0 Å². The zero-order valence-corrected chi connectivity index (χ0v) is 33.0. The third-order valence-electron chi connectivity index (χ3n) is 8.67. The summed E-state index contributed by atoms with van der Waals surface area (Å²) < 4.78 is 33.0. The van der Waals surface area contributed by atoms with Gasteiger partial charge in [0.15, 0.2) is 23.5 Å². The van der Waals surface area contributed by atoms with Gasteiger partial charge in [0.05, 0.1) is 37.4 Å². The third-order valence-corrected chi connectivity index (χ3v) is 8.67. The van der Waals surface area contributed by atoms with Gasteiger partial charge < -0.3 is 48.7 Å². The van der Waals surface area contributed by atoms with E-state index >= 15 is 0 Å². The Morgan fingerprint density at radius 2 is 1.79 bits per heavy atom. The molecule has 4 aromatic rings. The molecule has 5 rings (SSSR count). The predicted molar refractivity (Wildman–Crippen MR) is 210 cm³/mol. The number of anilines is 1. The number of esters is 1. The maximum absolute atomic E-state index is 11.9. The van der Waals surface area contributed by atoms with Crippen molar-refractivity contribution in [2.24, 2.45) is 5.92 Å². The lowest BCUT2D eigenvalue weighted by Gasteiger charge is -2.27. The van der Waals surface area contributed by atoms with Gasteiger partial charge in [0, 0.05) is 44.2 Å². The predicted octanol–water partition coefficient (Wildman–Crippen LogP) is 4.41. The number of morpholine rings is 1. The highest BCUT2D eigenvalue weighted by Crippen LogP contribution is 2.35. The molecule has 1 aromatic carbocycles. The Bertz CT molecular complexity index is 1810. The molecule has 4 heterocycles. The van der Waals surface area contributed by atoms with Crippen LogP contribution in [0.3, 0.4) is 0 Å². The Balaban J connectivity index is 0.000000249. The van der Waals surface area contributed by atoms with Gasteiger partial charge in [-0.15, -0.1) is 0 Å². The number of furan rings is 1. The van der Waals surface area contributed by atoms with Gasteiger partial charge in [0.25, 0.3) is 6.47 Å². The molecule has 0 aliphatic carbocycles. The first-order valence-corrected chi connectivity index (χ1v) is 19.2. The standard InChI is InChI=1S/C20H16N4O4.C20H40N2O6/c25-12-27-14-4-1-3-13(11-14)18-22-16-15-5-2-6-21-20(15)28-17(16)19(23-18)24-7-9-26-10-8-24;1-15(2)17(13-23)28-20(27-16(3)4)14-26-19(25)10-8-9-18(24)22-12-7-6-11-21-5/h1-6,11-12H,7-10H2;15-17,20-21,23H,6-14H2,1-5H3,(H,22,24). The van der Waals surface area contributed by atoms with E-state index in [2.05, 4.69) is 20.5 Å². The van der Waals surface area contributed by atoms with Crippen molar-refractivity contribution < 1.29 is 47.6 Å². The molecule has 0 bridgehead atoms. The number of hydrogen-bond donors (Lipinski definition) is 3. The fourth-order valence-corrected chi connectivity index (χ4v) is 5.74. The van der Waals surface area contributed by atoms with E-state index in [4.69, 9.17) is 38.1 Å². The molecule has 16 nitrogen and oxygen atoms in total. The zero-order chi connectivity index (χ0) is 40.3. The number of aromatic nitrogens is 3. The van der Waals surface area contributed by atoms with Crippen molar-refractivity contribution in [2.75, 3.05) is 64.6 Å². The SMILES string of the molecule is CNCCCCNC(=O)CCCC(=O)OCC(OC(C)C)OC(CO)C(C)C.O=COc1cccc(-c2nc(N3CCOCC3)c3oc4ncccc4c3n2)c1. The molecule has 1 aliphatic rings. The van der Waals surface area contributed by atoms with Crippen molar-refractivity contribution in [1.82, 2.24) is 25.6 Å². The molecule has 1 aliphatic heterocycles. The maximum atomic E-state index is 11.9. The van der Waals surface area contributed by atoms with E-state index in [0.29, 0.717) is 86.4 Å². The number of benzene rings is 1. The minimum Gasteiger partial charge on any atom is -0.460 e.